The van der Waals surface area contributed by atoms with Crippen LogP contribution in [0.25, 0.3) is 11.2 Å². The first-order chi connectivity index (χ1) is 12.1. The van der Waals surface area contributed by atoms with Crippen molar-refractivity contribution in [3.63, 3.8) is 0 Å². The summed E-state index contributed by atoms with van der Waals surface area (Å²) in [7, 11) is 1.66. The third-order valence-corrected chi connectivity index (χ3v) is 5.07. The molecule has 1 aliphatic rings. The number of piperazine rings is 1. The second kappa shape index (κ2) is 7.43. The van der Waals surface area contributed by atoms with Crippen LogP contribution in [-0.4, -0.2) is 56.7 Å². The molecule has 2 aromatic rings. The maximum Gasteiger partial charge on any atom is 0.329 e. The van der Waals surface area contributed by atoms with Crippen molar-refractivity contribution in [2.24, 2.45) is 7.05 Å². The molecule has 3 heterocycles. The minimum atomic E-state index is -0.418. The number of hydrogen-bond acceptors (Lipinski definition) is 5. The van der Waals surface area contributed by atoms with Gasteiger partial charge in [-0.2, -0.15) is 4.98 Å². The van der Waals surface area contributed by atoms with E-state index in [4.69, 9.17) is 4.98 Å². The molecule has 1 aliphatic heterocycles. The third-order valence-electron chi connectivity index (χ3n) is 5.07. The highest BCUT2D eigenvalue weighted by Gasteiger charge is 2.24. The van der Waals surface area contributed by atoms with Gasteiger partial charge in [0, 0.05) is 39.8 Å². The number of nitrogens with zero attached hydrogens (tertiary/aromatic N) is 5. The van der Waals surface area contributed by atoms with Gasteiger partial charge in [-0.1, -0.05) is 26.7 Å². The molecule has 0 spiro atoms. The summed E-state index contributed by atoms with van der Waals surface area (Å²) in [5, 5.41) is 0. The second-order valence-electron chi connectivity index (χ2n) is 6.68. The van der Waals surface area contributed by atoms with Crippen LogP contribution in [0.4, 0.5) is 5.95 Å². The summed E-state index contributed by atoms with van der Waals surface area (Å²) in [5.74, 6) is 0.813. The molecular formula is C17H28N6O2. The van der Waals surface area contributed by atoms with Gasteiger partial charge in [-0.3, -0.25) is 14.3 Å². The standard InChI is InChI=1S/C17H28N6O2/c1-4-6-7-8-23-13-14(20(3)17(25)19-15(13)24)18-16(23)22-11-9-21(5-2)10-12-22/h4-12H2,1-3H3,(H,19,24,25). The van der Waals surface area contributed by atoms with Crippen LogP contribution in [0.5, 0.6) is 0 Å². The predicted molar refractivity (Wildman–Crippen MR) is 99.4 cm³/mol. The Labute approximate surface area is 147 Å². The lowest BCUT2D eigenvalue weighted by Crippen LogP contribution is -2.47. The number of unbranched alkanes of at least 4 members (excludes halogenated alkanes) is 2. The third kappa shape index (κ3) is 3.35. The Balaban J connectivity index is 2.05. The average molecular weight is 348 g/mol. The zero-order valence-electron chi connectivity index (χ0n) is 15.4. The van der Waals surface area contributed by atoms with Gasteiger partial charge in [-0.15, -0.1) is 0 Å². The Kier molecular flexibility index (Phi) is 5.27. The van der Waals surface area contributed by atoms with E-state index in [0.717, 1.165) is 64.5 Å². The van der Waals surface area contributed by atoms with Gasteiger partial charge in [0.25, 0.3) is 5.56 Å². The second-order valence-corrected chi connectivity index (χ2v) is 6.68. The zero-order valence-corrected chi connectivity index (χ0v) is 15.4. The summed E-state index contributed by atoms with van der Waals surface area (Å²) in [6.45, 7) is 9.88. The van der Waals surface area contributed by atoms with E-state index in [-0.39, 0.29) is 5.56 Å². The van der Waals surface area contributed by atoms with Crippen LogP contribution in [0.3, 0.4) is 0 Å². The van der Waals surface area contributed by atoms with Gasteiger partial charge in [0.15, 0.2) is 11.2 Å². The molecule has 3 rings (SSSR count). The number of fused-ring (bicyclic) bond motifs is 1. The van der Waals surface area contributed by atoms with Gasteiger partial charge >= 0.3 is 5.69 Å². The average Bonchev–Trinajstić information content (AvgIpc) is 3.00. The van der Waals surface area contributed by atoms with E-state index in [1.165, 1.54) is 4.57 Å². The highest BCUT2D eigenvalue weighted by Crippen LogP contribution is 2.21. The van der Waals surface area contributed by atoms with Gasteiger partial charge < -0.3 is 14.4 Å². The monoisotopic (exact) mass is 348 g/mol. The molecule has 1 N–H and O–H groups in total. The van der Waals surface area contributed by atoms with E-state index in [9.17, 15) is 9.59 Å². The maximum absolute atomic E-state index is 12.4. The first kappa shape index (κ1) is 17.7. The number of rotatable bonds is 6. The van der Waals surface area contributed by atoms with Crippen LogP contribution in [0.1, 0.15) is 33.1 Å². The Morgan fingerprint density at radius 3 is 2.44 bits per heavy atom. The molecule has 8 heteroatoms. The summed E-state index contributed by atoms with van der Waals surface area (Å²) in [4.78, 5) is 36.1. The van der Waals surface area contributed by atoms with Gasteiger partial charge in [0.2, 0.25) is 5.95 Å². The molecule has 1 saturated heterocycles. The fourth-order valence-corrected chi connectivity index (χ4v) is 3.46. The van der Waals surface area contributed by atoms with Crippen LogP contribution >= 0.6 is 0 Å². The maximum atomic E-state index is 12.4. The lowest BCUT2D eigenvalue weighted by atomic mass is 10.2. The van der Waals surface area contributed by atoms with Crippen molar-refractivity contribution in [1.29, 1.82) is 0 Å². The Hall–Kier alpha value is -2.09. The molecule has 138 valence electrons. The fraction of sp³-hybridized carbons (Fsp3) is 0.706. The van der Waals surface area contributed by atoms with E-state index in [1.807, 2.05) is 4.57 Å². The molecule has 0 amide bonds. The van der Waals surface area contributed by atoms with E-state index in [2.05, 4.69) is 28.6 Å². The minimum absolute atomic E-state index is 0.347. The van der Waals surface area contributed by atoms with Crippen LogP contribution in [0.15, 0.2) is 9.59 Å². The molecule has 0 unspecified atom stereocenters. The lowest BCUT2D eigenvalue weighted by molar-refractivity contribution is 0.269. The molecule has 0 radical (unpaired) electrons. The van der Waals surface area contributed by atoms with Crippen molar-refractivity contribution in [1.82, 2.24) is 24.0 Å². The zero-order chi connectivity index (χ0) is 18.0. The van der Waals surface area contributed by atoms with Crippen molar-refractivity contribution in [3.8, 4) is 0 Å². The van der Waals surface area contributed by atoms with Crippen LogP contribution in [0.2, 0.25) is 0 Å². The van der Waals surface area contributed by atoms with Gasteiger partial charge in [-0.05, 0) is 13.0 Å². The van der Waals surface area contributed by atoms with E-state index < -0.39 is 5.69 Å². The molecule has 0 atom stereocenters. The quantitative estimate of drug-likeness (QED) is 0.780. The molecule has 2 aromatic heterocycles. The topological polar surface area (TPSA) is 79.2 Å². The van der Waals surface area contributed by atoms with Crippen molar-refractivity contribution >= 4 is 17.1 Å². The first-order valence-electron chi connectivity index (χ1n) is 9.23. The number of H-pyrrole nitrogens is 1. The normalized spacial score (nSPS) is 16.0. The summed E-state index contributed by atoms with van der Waals surface area (Å²) in [5.41, 5.74) is 0.211. The van der Waals surface area contributed by atoms with Crippen LogP contribution in [-0.2, 0) is 13.6 Å². The summed E-state index contributed by atoms with van der Waals surface area (Å²) in [6, 6.07) is 0. The molecule has 0 saturated carbocycles. The molecular weight excluding hydrogens is 320 g/mol. The van der Waals surface area contributed by atoms with Crippen LogP contribution in [0, 0.1) is 0 Å². The van der Waals surface area contributed by atoms with Crippen molar-refractivity contribution in [2.45, 2.75) is 39.7 Å². The summed E-state index contributed by atoms with van der Waals surface area (Å²) in [6.07, 6.45) is 3.21. The van der Waals surface area contributed by atoms with Gasteiger partial charge in [-0.25, -0.2) is 4.79 Å². The summed E-state index contributed by atoms with van der Waals surface area (Å²) >= 11 is 0. The highest BCUT2D eigenvalue weighted by atomic mass is 16.2. The smallest absolute Gasteiger partial charge is 0.329 e. The molecule has 1 fully saturated rings. The van der Waals surface area contributed by atoms with Crippen molar-refractivity contribution in [2.75, 3.05) is 37.6 Å². The largest absolute Gasteiger partial charge is 0.340 e. The first-order valence-corrected chi connectivity index (χ1v) is 9.23. The number of likely N-dealkylation sites (N-methyl/N-ethyl adjacent to an activating group) is 1. The van der Waals surface area contributed by atoms with E-state index >= 15 is 0 Å². The molecule has 0 bridgehead atoms. The Bertz CT molecular complexity index is 841. The molecule has 0 aliphatic carbocycles. The number of imidazole rings is 1. The lowest BCUT2D eigenvalue weighted by Gasteiger charge is -2.34. The van der Waals surface area contributed by atoms with Gasteiger partial charge in [0.05, 0.1) is 0 Å². The Morgan fingerprint density at radius 1 is 1.08 bits per heavy atom. The number of aromatic nitrogens is 4. The fourth-order valence-electron chi connectivity index (χ4n) is 3.46. The number of hydrogen-bond donors (Lipinski definition) is 1. The SMILES string of the molecule is CCCCCn1c(N2CCN(CC)CC2)nc2c1c(=O)[nH]c(=O)n2C. The van der Waals surface area contributed by atoms with Gasteiger partial charge in [0.1, 0.15) is 0 Å². The van der Waals surface area contributed by atoms with Crippen molar-refractivity contribution < 1.29 is 0 Å². The molecule has 0 aromatic carbocycles. The number of aromatic amines is 1. The minimum Gasteiger partial charge on any atom is -0.340 e. The number of aryl methyl sites for hydroxylation is 2. The summed E-state index contributed by atoms with van der Waals surface area (Å²) < 4.78 is 3.43. The highest BCUT2D eigenvalue weighted by molar-refractivity contribution is 5.74. The van der Waals surface area contributed by atoms with Crippen molar-refractivity contribution in [3.05, 3.63) is 20.8 Å². The number of nitrogens with one attached hydrogen (secondary N) is 1. The van der Waals surface area contributed by atoms with Crippen LogP contribution < -0.4 is 16.1 Å². The van der Waals surface area contributed by atoms with E-state index in [1.54, 1.807) is 7.05 Å². The number of anilines is 1. The predicted octanol–water partition coefficient (Wildman–Crippen LogP) is 0.755. The Morgan fingerprint density at radius 2 is 1.80 bits per heavy atom. The van der Waals surface area contributed by atoms with E-state index in [0.29, 0.717) is 11.2 Å². The molecule has 8 nitrogen and oxygen atoms in total. The molecule has 25 heavy (non-hydrogen) atoms.